The fraction of sp³-hybridized carbons (Fsp3) is 0.0909. The normalized spacial score (nSPS) is 10.7. The smallest absolute Gasteiger partial charge is 0.194 e. The molecule has 1 heterocycles. The molecule has 0 radical (unpaired) electrons. The Labute approximate surface area is 100 Å². The minimum absolute atomic E-state index is 0.00155. The van der Waals surface area contributed by atoms with Crippen LogP contribution in [0.3, 0.4) is 0 Å². The molecule has 0 saturated carbocycles. The Bertz CT molecular complexity index is 578. The van der Waals surface area contributed by atoms with Gasteiger partial charge < -0.3 is 11.5 Å². The van der Waals surface area contributed by atoms with Gasteiger partial charge >= 0.3 is 0 Å². The van der Waals surface area contributed by atoms with E-state index in [1.807, 2.05) is 0 Å². The van der Waals surface area contributed by atoms with Crippen molar-refractivity contribution in [2.24, 2.45) is 5.73 Å². The highest BCUT2D eigenvalue weighted by Crippen LogP contribution is 2.22. The van der Waals surface area contributed by atoms with Crippen LogP contribution >= 0.6 is 0 Å². The number of hydrogen-bond donors (Lipinski definition) is 2. The average molecular weight is 254 g/mol. The molecule has 4 N–H and O–H groups in total. The first kappa shape index (κ1) is 12.3. The Kier molecular flexibility index (Phi) is 3.15. The molecule has 0 atom stereocenters. The van der Waals surface area contributed by atoms with Crippen molar-refractivity contribution in [1.29, 1.82) is 0 Å². The molecule has 18 heavy (non-hydrogen) atoms. The van der Waals surface area contributed by atoms with E-state index in [2.05, 4.69) is 9.97 Å². The van der Waals surface area contributed by atoms with Crippen LogP contribution in [0, 0.1) is 17.5 Å². The largest absolute Gasteiger partial charge is 0.383 e. The zero-order chi connectivity index (χ0) is 13.3. The SMILES string of the molecule is NCc1cnc(-c2cc(F)c(F)c(F)c2)nc1N. The molecule has 0 bridgehead atoms. The minimum atomic E-state index is -1.54. The predicted molar refractivity (Wildman–Crippen MR) is 59.6 cm³/mol. The van der Waals surface area contributed by atoms with Crippen molar-refractivity contribution >= 4 is 5.82 Å². The Hall–Kier alpha value is -2.15. The van der Waals surface area contributed by atoms with E-state index >= 15 is 0 Å². The molecule has 0 aliphatic heterocycles. The van der Waals surface area contributed by atoms with Crippen molar-refractivity contribution in [3.05, 3.63) is 41.3 Å². The Morgan fingerprint density at radius 2 is 1.72 bits per heavy atom. The van der Waals surface area contributed by atoms with E-state index in [1.54, 1.807) is 0 Å². The zero-order valence-corrected chi connectivity index (χ0v) is 9.12. The third kappa shape index (κ3) is 2.12. The number of rotatable bonds is 2. The van der Waals surface area contributed by atoms with E-state index in [4.69, 9.17) is 11.5 Å². The first-order chi connectivity index (χ1) is 8.52. The van der Waals surface area contributed by atoms with Gasteiger partial charge in [0.15, 0.2) is 23.3 Å². The molecule has 1 aromatic carbocycles. The van der Waals surface area contributed by atoms with Crippen molar-refractivity contribution in [2.45, 2.75) is 6.54 Å². The molecule has 0 fully saturated rings. The van der Waals surface area contributed by atoms with Crippen molar-refractivity contribution < 1.29 is 13.2 Å². The van der Waals surface area contributed by atoms with Gasteiger partial charge in [-0.3, -0.25) is 0 Å². The molecule has 0 spiro atoms. The number of anilines is 1. The minimum Gasteiger partial charge on any atom is -0.383 e. The fourth-order valence-corrected chi connectivity index (χ4v) is 1.40. The third-order valence-corrected chi connectivity index (χ3v) is 2.36. The van der Waals surface area contributed by atoms with Crippen molar-refractivity contribution in [1.82, 2.24) is 9.97 Å². The van der Waals surface area contributed by atoms with Gasteiger partial charge in [0.2, 0.25) is 0 Å². The molecule has 2 rings (SSSR count). The molecule has 1 aromatic heterocycles. The number of nitrogen functional groups attached to an aromatic ring is 1. The summed E-state index contributed by atoms with van der Waals surface area (Å²) in [5, 5.41) is 0. The molecular formula is C11H9F3N4. The quantitative estimate of drug-likeness (QED) is 0.798. The van der Waals surface area contributed by atoms with Crippen molar-refractivity contribution in [3.63, 3.8) is 0 Å². The van der Waals surface area contributed by atoms with Crippen LogP contribution in [0.15, 0.2) is 18.3 Å². The summed E-state index contributed by atoms with van der Waals surface area (Å²) in [5.74, 6) is -4.04. The molecular weight excluding hydrogens is 245 g/mol. The van der Waals surface area contributed by atoms with E-state index in [0.717, 1.165) is 12.1 Å². The van der Waals surface area contributed by atoms with Gasteiger partial charge in [0.1, 0.15) is 5.82 Å². The van der Waals surface area contributed by atoms with Gasteiger partial charge in [-0.25, -0.2) is 23.1 Å². The molecule has 0 aliphatic carbocycles. The second kappa shape index (κ2) is 4.61. The van der Waals surface area contributed by atoms with E-state index in [9.17, 15) is 13.2 Å². The lowest BCUT2D eigenvalue weighted by molar-refractivity contribution is 0.447. The maximum Gasteiger partial charge on any atom is 0.194 e. The highest BCUT2D eigenvalue weighted by atomic mass is 19.2. The van der Waals surface area contributed by atoms with E-state index < -0.39 is 17.5 Å². The lowest BCUT2D eigenvalue weighted by Gasteiger charge is -2.05. The van der Waals surface area contributed by atoms with E-state index in [0.29, 0.717) is 5.56 Å². The van der Waals surface area contributed by atoms with Crippen LogP contribution in [0.5, 0.6) is 0 Å². The maximum atomic E-state index is 13.0. The molecule has 4 nitrogen and oxygen atoms in total. The van der Waals surface area contributed by atoms with Crippen molar-refractivity contribution in [3.8, 4) is 11.4 Å². The van der Waals surface area contributed by atoms with Crippen LogP contribution in [0.1, 0.15) is 5.56 Å². The van der Waals surface area contributed by atoms with Crippen LogP contribution in [0.4, 0.5) is 19.0 Å². The van der Waals surface area contributed by atoms with Gasteiger partial charge in [-0.15, -0.1) is 0 Å². The van der Waals surface area contributed by atoms with Gasteiger partial charge in [-0.2, -0.15) is 0 Å². The maximum absolute atomic E-state index is 13.0. The number of benzene rings is 1. The number of nitrogens with zero attached hydrogens (tertiary/aromatic N) is 2. The lowest BCUT2D eigenvalue weighted by atomic mass is 10.2. The molecule has 0 amide bonds. The van der Waals surface area contributed by atoms with Crippen molar-refractivity contribution in [2.75, 3.05) is 5.73 Å². The molecule has 2 aromatic rings. The predicted octanol–water partition coefficient (Wildman–Crippen LogP) is 1.60. The molecule has 7 heteroatoms. The summed E-state index contributed by atoms with van der Waals surface area (Å²) in [6.45, 7) is 0.151. The number of halogens is 3. The van der Waals surface area contributed by atoms with Crippen LogP contribution in [-0.4, -0.2) is 9.97 Å². The first-order valence-corrected chi connectivity index (χ1v) is 4.99. The zero-order valence-electron chi connectivity index (χ0n) is 9.12. The highest BCUT2D eigenvalue weighted by Gasteiger charge is 2.13. The molecule has 0 aliphatic rings. The van der Waals surface area contributed by atoms with E-state index in [1.165, 1.54) is 6.20 Å². The van der Waals surface area contributed by atoms with E-state index in [-0.39, 0.29) is 23.8 Å². The first-order valence-electron chi connectivity index (χ1n) is 4.99. The molecule has 0 unspecified atom stereocenters. The third-order valence-electron chi connectivity index (χ3n) is 2.36. The van der Waals surface area contributed by atoms with Gasteiger partial charge in [-0.1, -0.05) is 0 Å². The number of nitrogens with two attached hydrogens (primary N) is 2. The molecule has 0 saturated heterocycles. The second-order valence-electron chi connectivity index (χ2n) is 3.56. The van der Waals surface area contributed by atoms with Crippen LogP contribution < -0.4 is 11.5 Å². The van der Waals surface area contributed by atoms with Gasteiger partial charge in [0, 0.05) is 23.9 Å². The summed E-state index contributed by atoms with van der Waals surface area (Å²) in [5.41, 5.74) is 11.5. The lowest BCUT2D eigenvalue weighted by Crippen LogP contribution is -2.06. The highest BCUT2D eigenvalue weighted by molar-refractivity contribution is 5.57. The van der Waals surface area contributed by atoms with Gasteiger partial charge in [0.25, 0.3) is 0 Å². The topological polar surface area (TPSA) is 77.8 Å². The van der Waals surface area contributed by atoms with Crippen LogP contribution in [0.25, 0.3) is 11.4 Å². The summed E-state index contributed by atoms with van der Waals surface area (Å²) in [6, 6.07) is 1.60. The fourth-order valence-electron chi connectivity index (χ4n) is 1.40. The average Bonchev–Trinajstić information content (AvgIpc) is 2.35. The van der Waals surface area contributed by atoms with Gasteiger partial charge in [-0.05, 0) is 12.1 Å². The van der Waals surface area contributed by atoms with Crippen LogP contribution in [-0.2, 0) is 6.54 Å². The number of hydrogen-bond acceptors (Lipinski definition) is 4. The Morgan fingerprint density at radius 3 is 2.22 bits per heavy atom. The summed E-state index contributed by atoms with van der Waals surface area (Å²) in [7, 11) is 0. The second-order valence-corrected chi connectivity index (χ2v) is 3.56. The number of aromatic nitrogens is 2. The molecule has 94 valence electrons. The summed E-state index contributed by atoms with van der Waals surface area (Å²) >= 11 is 0. The summed E-state index contributed by atoms with van der Waals surface area (Å²) in [6.07, 6.45) is 1.36. The monoisotopic (exact) mass is 254 g/mol. The Morgan fingerprint density at radius 1 is 1.11 bits per heavy atom. The van der Waals surface area contributed by atoms with Gasteiger partial charge in [0.05, 0.1) is 0 Å². The standard InChI is InChI=1S/C11H9F3N4/c12-7-1-5(2-8(13)9(7)14)11-17-4-6(3-15)10(16)18-11/h1-2,4H,3,15H2,(H2,16,17,18). The summed E-state index contributed by atoms with van der Waals surface area (Å²) < 4.78 is 38.9. The Balaban J connectivity index is 2.52. The van der Waals surface area contributed by atoms with Crippen LogP contribution in [0.2, 0.25) is 0 Å². The summed E-state index contributed by atoms with van der Waals surface area (Å²) in [4.78, 5) is 7.72.